The Bertz CT molecular complexity index is 951. The third kappa shape index (κ3) is 3.18. The van der Waals surface area contributed by atoms with E-state index >= 15 is 0 Å². The van der Waals surface area contributed by atoms with Crippen LogP contribution in [0.3, 0.4) is 0 Å². The highest BCUT2D eigenvalue weighted by atomic mass is 127. The minimum atomic E-state index is -0.492. The molecule has 0 saturated carbocycles. The van der Waals surface area contributed by atoms with Crippen LogP contribution in [0.5, 0.6) is 5.75 Å². The Morgan fingerprint density at radius 2 is 2.00 bits per heavy atom. The van der Waals surface area contributed by atoms with Gasteiger partial charge in [-0.3, -0.25) is 0 Å². The summed E-state index contributed by atoms with van der Waals surface area (Å²) in [7, 11) is 1.49. The number of hydrogen-bond donors (Lipinski definition) is 1. The van der Waals surface area contributed by atoms with Gasteiger partial charge in [-0.25, -0.2) is 16.9 Å². The number of aromatic amines is 1. The zero-order valence-corrected chi connectivity index (χ0v) is 16.4. The monoisotopic (exact) mass is 469 g/mol. The van der Waals surface area contributed by atoms with Gasteiger partial charge in [0.25, 0.3) is 0 Å². The van der Waals surface area contributed by atoms with Crippen LogP contribution in [-0.2, 0) is 0 Å². The number of hydrogen-bond acceptors (Lipinski definition) is 3. The summed E-state index contributed by atoms with van der Waals surface area (Å²) in [4.78, 5) is 7.53. The van der Waals surface area contributed by atoms with E-state index in [2.05, 4.69) is 35.9 Å². The van der Waals surface area contributed by atoms with E-state index < -0.39 is 11.6 Å². The summed E-state index contributed by atoms with van der Waals surface area (Å²) < 4.78 is 36.1. The molecule has 4 rings (SSSR count). The number of methoxy groups -OCH3 is 1. The van der Waals surface area contributed by atoms with Gasteiger partial charge in [0.15, 0.2) is 0 Å². The van der Waals surface area contributed by atoms with E-state index in [1.807, 2.05) is 6.07 Å². The number of nitrogens with one attached hydrogen (secondary N) is 1. The van der Waals surface area contributed by atoms with E-state index in [9.17, 15) is 8.78 Å². The molecule has 1 aliphatic rings. The molecular formula is C19H18F2IN3O. The van der Waals surface area contributed by atoms with Crippen molar-refractivity contribution in [3.05, 3.63) is 47.8 Å². The van der Waals surface area contributed by atoms with Crippen LogP contribution in [-0.4, -0.2) is 33.3 Å². The highest BCUT2D eigenvalue weighted by molar-refractivity contribution is 14.1. The number of aromatic nitrogens is 2. The van der Waals surface area contributed by atoms with Crippen molar-refractivity contribution < 1.29 is 13.5 Å². The van der Waals surface area contributed by atoms with E-state index in [0.29, 0.717) is 33.8 Å². The molecule has 0 spiro atoms. The van der Waals surface area contributed by atoms with Crippen LogP contribution in [0.2, 0.25) is 0 Å². The summed E-state index contributed by atoms with van der Waals surface area (Å²) in [5.41, 5.74) is 2.38. The Labute approximate surface area is 164 Å². The first kappa shape index (κ1) is 17.7. The molecule has 0 atom stereocenters. The van der Waals surface area contributed by atoms with Gasteiger partial charge in [0.1, 0.15) is 23.0 Å². The van der Waals surface area contributed by atoms with Crippen molar-refractivity contribution >= 4 is 33.9 Å². The van der Waals surface area contributed by atoms with Crippen LogP contribution in [0, 0.1) is 11.6 Å². The van der Waals surface area contributed by atoms with E-state index in [4.69, 9.17) is 4.74 Å². The molecule has 0 aliphatic carbocycles. The molecule has 0 bridgehead atoms. The van der Waals surface area contributed by atoms with Crippen molar-refractivity contribution in [1.29, 1.82) is 0 Å². The summed E-state index contributed by atoms with van der Waals surface area (Å²) in [5.74, 6) is -0.108. The second-order valence-corrected chi connectivity index (χ2v) is 7.86. The zero-order valence-electron chi connectivity index (χ0n) is 14.2. The minimum absolute atomic E-state index is 0.320. The Hall–Kier alpha value is -1.74. The van der Waals surface area contributed by atoms with Crippen LogP contribution in [0.25, 0.3) is 22.2 Å². The molecule has 4 nitrogen and oxygen atoms in total. The lowest BCUT2D eigenvalue weighted by molar-refractivity contribution is 0.365. The van der Waals surface area contributed by atoms with Gasteiger partial charge in [-0.05, 0) is 37.1 Å². The van der Waals surface area contributed by atoms with Crippen molar-refractivity contribution in [2.45, 2.75) is 18.8 Å². The van der Waals surface area contributed by atoms with Crippen LogP contribution in [0.15, 0.2) is 30.5 Å². The summed E-state index contributed by atoms with van der Waals surface area (Å²) in [6.45, 7) is 2.04. The molecule has 26 heavy (non-hydrogen) atoms. The van der Waals surface area contributed by atoms with Crippen molar-refractivity contribution in [2.24, 2.45) is 0 Å². The van der Waals surface area contributed by atoms with Crippen LogP contribution in [0.1, 0.15) is 24.5 Å². The van der Waals surface area contributed by atoms with Crippen molar-refractivity contribution in [2.75, 3.05) is 20.2 Å². The first-order chi connectivity index (χ1) is 12.6. The number of benzene rings is 1. The molecular weight excluding hydrogens is 451 g/mol. The maximum absolute atomic E-state index is 14.7. The minimum Gasteiger partial charge on any atom is -0.496 e. The molecule has 7 heteroatoms. The molecule has 1 aliphatic heterocycles. The largest absolute Gasteiger partial charge is 0.496 e. The lowest BCUT2D eigenvalue weighted by Crippen LogP contribution is -2.24. The highest BCUT2D eigenvalue weighted by Gasteiger charge is 2.23. The van der Waals surface area contributed by atoms with Crippen LogP contribution in [0.4, 0.5) is 8.78 Å². The van der Waals surface area contributed by atoms with Crippen LogP contribution >= 0.6 is 22.9 Å². The molecule has 1 aromatic carbocycles. The number of H-pyrrole nitrogens is 1. The molecule has 1 N–H and O–H groups in total. The Morgan fingerprint density at radius 1 is 1.23 bits per heavy atom. The summed E-state index contributed by atoms with van der Waals surface area (Å²) in [6.07, 6.45) is 3.25. The van der Waals surface area contributed by atoms with Gasteiger partial charge in [0, 0.05) is 64.1 Å². The summed E-state index contributed by atoms with van der Waals surface area (Å²) in [6, 6.07) is 6.08. The molecule has 1 fully saturated rings. The smallest absolute Gasteiger partial charge is 0.150 e. The number of ether oxygens (including phenoxy) is 1. The number of nitrogens with zero attached hydrogens (tertiary/aromatic N) is 2. The first-order valence-electron chi connectivity index (χ1n) is 8.48. The Kier molecular flexibility index (Phi) is 4.83. The fourth-order valence-electron chi connectivity index (χ4n) is 3.60. The van der Waals surface area contributed by atoms with Gasteiger partial charge in [0.2, 0.25) is 0 Å². The fourth-order valence-corrected chi connectivity index (χ4v) is 4.16. The summed E-state index contributed by atoms with van der Waals surface area (Å²) >= 11 is 2.34. The lowest BCUT2D eigenvalue weighted by Gasteiger charge is -2.26. The van der Waals surface area contributed by atoms with Gasteiger partial charge in [-0.1, -0.05) is 0 Å². The molecule has 2 aromatic heterocycles. The second kappa shape index (κ2) is 7.11. The van der Waals surface area contributed by atoms with Gasteiger partial charge in [-0.2, -0.15) is 0 Å². The molecule has 3 heterocycles. The molecule has 0 amide bonds. The number of pyridine rings is 1. The number of rotatable bonds is 3. The number of piperidine rings is 1. The SMILES string of the molecule is COc1ccc(F)cc1-c1c(F)cnc2[nH]c(C3CCN(I)CC3)cc12. The van der Waals surface area contributed by atoms with Gasteiger partial charge in [-0.15, -0.1) is 0 Å². The van der Waals surface area contributed by atoms with E-state index in [-0.39, 0.29) is 0 Å². The molecule has 0 radical (unpaired) electrons. The molecule has 0 unspecified atom stereocenters. The third-order valence-corrected chi connectivity index (χ3v) is 5.91. The van der Waals surface area contributed by atoms with Gasteiger partial charge >= 0.3 is 0 Å². The van der Waals surface area contributed by atoms with Crippen molar-refractivity contribution in [3.63, 3.8) is 0 Å². The second-order valence-electron chi connectivity index (χ2n) is 6.50. The number of halogens is 3. The van der Waals surface area contributed by atoms with E-state index in [1.54, 1.807) is 0 Å². The van der Waals surface area contributed by atoms with Gasteiger partial charge in [0.05, 0.1) is 13.3 Å². The normalized spacial score (nSPS) is 16.3. The lowest BCUT2D eigenvalue weighted by atomic mass is 9.94. The van der Waals surface area contributed by atoms with Crippen LogP contribution < -0.4 is 4.74 Å². The molecule has 136 valence electrons. The molecule has 3 aromatic rings. The predicted octanol–water partition coefficient (Wildman–Crippen LogP) is 5.05. The Morgan fingerprint density at radius 3 is 2.73 bits per heavy atom. The molecule has 1 saturated heterocycles. The van der Waals surface area contributed by atoms with Gasteiger partial charge < -0.3 is 9.72 Å². The zero-order chi connectivity index (χ0) is 18.3. The first-order valence-corrected chi connectivity index (χ1v) is 9.45. The third-order valence-electron chi connectivity index (χ3n) is 4.94. The van der Waals surface area contributed by atoms with Crippen molar-refractivity contribution in [1.82, 2.24) is 13.1 Å². The number of fused-ring (bicyclic) bond motifs is 1. The van der Waals surface area contributed by atoms with E-state index in [0.717, 1.165) is 31.6 Å². The topological polar surface area (TPSA) is 41.1 Å². The highest BCUT2D eigenvalue weighted by Crippen LogP contribution is 2.39. The quantitative estimate of drug-likeness (QED) is 0.432. The predicted molar refractivity (Wildman–Crippen MR) is 106 cm³/mol. The average Bonchev–Trinajstić information content (AvgIpc) is 3.06. The summed E-state index contributed by atoms with van der Waals surface area (Å²) in [5, 5.41) is 0.654. The van der Waals surface area contributed by atoms with Crippen molar-refractivity contribution in [3.8, 4) is 16.9 Å². The maximum Gasteiger partial charge on any atom is 0.150 e. The average molecular weight is 469 g/mol. The van der Waals surface area contributed by atoms with E-state index in [1.165, 1.54) is 31.5 Å². The Balaban J connectivity index is 1.85. The maximum atomic E-state index is 14.7. The fraction of sp³-hybridized carbons (Fsp3) is 0.316. The standard InChI is InChI=1S/C19H18F2IN3O/c1-26-17-3-2-12(20)8-13(17)18-14-9-16(11-4-6-25(22)7-5-11)24-19(14)23-10-15(18)21/h2-3,8-11H,4-7H2,1H3,(H,23,24).